The van der Waals surface area contributed by atoms with Crippen molar-refractivity contribution < 1.29 is 9.18 Å². The summed E-state index contributed by atoms with van der Waals surface area (Å²) in [5.74, 6) is -0.551. The van der Waals surface area contributed by atoms with E-state index in [1.165, 1.54) is 47.4 Å². The molecule has 3 aromatic rings. The molecule has 7 nitrogen and oxygen atoms in total. The van der Waals surface area contributed by atoms with Gasteiger partial charge < -0.3 is 4.57 Å². The predicted octanol–water partition coefficient (Wildman–Crippen LogP) is 2.00. The number of imidazole rings is 1. The highest BCUT2D eigenvalue weighted by Gasteiger charge is 2.24. The van der Waals surface area contributed by atoms with Crippen LogP contribution in [-0.2, 0) is 18.4 Å². The van der Waals surface area contributed by atoms with Gasteiger partial charge in [-0.05, 0) is 47.5 Å². The zero-order valence-corrected chi connectivity index (χ0v) is 15.9. The van der Waals surface area contributed by atoms with Crippen LogP contribution in [0.3, 0.4) is 0 Å². The van der Waals surface area contributed by atoms with Crippen molar-refractivity contribution >= 4 is 32.9 Å². The lowest BCUT2D eigenvalue weighted by Crippen LogP contribution is -2.40. The maximum atomic E-state index is 13.1. The Hall–Kier alpha value is -2.55. The molecule has 1 aromatic carbocycles. The van der Waals surface area contributed by atoms with Gasteiger partial charge in [-0.25, -0.2) is 14.2 Å². The summed E-state index contributed by atoms with van der Waals surface area (Å²) in [6.45, 7) is 3.06. The Morgan fingerprint density at radius 3 is 2.46 bits per heavy atom. The molecule has 0 aliphatic heterocycles. The number of fused-ring (bicyclic) bond motifs is 1. The van der Waals surface area contributed by atoms with Crippen LogP contribution in [0.15, 0.2) is 38.6 Å². The molecule has 0 saturated carbocycles. The molecule has 0 N–H and O–H groups in total. The lowest BCUT2D eigenvalue weighted by molar-refractivity contribution is -0.119. The number of rotatable bonds is 4. The van der Waals surface area contributed by atoms with E-state index in [0.29, 0.717) is 10.3 Å². The standard InChI is InChI=1S/C17H16BrFN4O3/c1-9(10(2)24)23-13-14(20-16(23)18)21(3)17(26)22(15(13)25)8-11-4-6-12(19)7-5-11/h4-7,9H,8H2,1-3H3/t9-/m1/s1. The number of benzene rings is 1. The van der Waals surface area contributed by atoms with Crippen LogP contribution in [0.5, 0.6) is 0 Å². The number of halogens is 2. The monoisotopic (exact) mass is 422 g/mol. The Kier molecular flexibility index (Phi) is 4.66. The summed E-state index contributed by atoms with van der Waals surface area (Å²) in [6.07, 6.45) is 0. The Morgan fingerprint density at radius 1 is 1.27 bits per heavy atom. The number of aryl methyl sites for hydroxylation is 1. The lowest BCUT2D eigenvalue weighted by Gasteiger charge is -2.13. The van der Waals surface area contributed by atoms with Crippen LogP contribution in [-0.4, -0.2) is 24.5 Å². The number of ketones is 1. The molecule has 0 unspecified atom stereocenters. The van der Waals surface area contributed by atoms with E-state index in [0.717, 1.165) is 4.57 Å². The van der Waals surface area contributed by atoms with Crippen molar-refractivity contribution in [3.05, 3.63) is 61.2 Å². The van der Waals surface area contributed by atoms with Crippen LogP contribution in [0.4, 0.5) is 4.39 Å². The highest BCUT2D eigenvalue weighted by Crippen LogP contribution is 2.22. The summed E-state index contributed by atoms with van der Waals surface area (Å²) < 4.78 is 17.2. The molecule has 0 saturated heterocycles. The van der Waals surface area contributed by atoms with Gasteiger partial charge in [0, 0.05) is 7.05 Å². The maximum Gasteiger partial charge on any atom is 0.332 e. The minimum Gasteiger partial charge on any atom is -0.302 e. The summed E-state index contributed by atoms with van der Waals surface area (Å²) in [5, 5.41) is 0. The largest absolute Gasteiger partial charge is 0.332 e. The van der Waals surface area contributed by atoms with Crippen molar-refractivity contribution in [2.45, 2.75) is 26.4 Å². The van der Waals surface area contributed by atoms with Gasteiger partial charge in [0.05, 0.1) is 12.6 Å². The molecule has 2 heterocycles. The van der Waals surface area contributed by atoms with E-state index in [2.05, 4.69) is 20.9 Å². The van der Waals surface area contributed by atoms with Crippen molar-refractivity contribution in [3.8, 4) is 0 Å². The number of aromatic nitrogens is 4. The molecule has 0 spiro atoms. The molecule has 0 fully saturated rings. The molecule has 0 aliphatic rings. The first-order valence-electron chi connectivity index (χ1n) is 7.84. The summed E-state index contributed by atoms with van der Waals surface area (Å²) >= 11 is 3.27. The van der Waals surface area contributed by atoms with Gasteiger partial charge in [-0.1, -0.05) is 12.1 Å². The fourth-order valence-corrected chi connectivity index (χ4v) is 3.41. The molecular formula is C17H16BrFN4O3. The minimum absolute atomic E-state index is 0.0149. The highest BCUT2D eigenvalue weighted by atomic mass is 79.9. The summed E-state index contributed by atoms with van der Waals surface area (Å²) in [6, 6.07) is 4.93. The van der Waals surface area contributed by atoms with Gasteiger partial charge in [0.1, 0.15) is 5.82 Å². The fraction of sp³-hybridized carbons (Fsp3) is 0.294. The van der Waals surface area contributed by atoms with E-state index < -0.39 is 23.1 Å². The highest BCUT2D eigenvalue weighted by molar-refractivity contribution is 9.10. The zero-order valence-electron chi connectivity index (χ0n) is 14.4. The summed E-state index contributed by atoms with van der Waals surface area (Å²) in [7, 11) is 1.51. The number of Topliss-reactive ketones (excluding diaryl/α,β-unsaturated/α-hetero) is 1. The first-order chi connectivity index (χ1) is 12.2. The number of hydrogen-bond donors (Lipinski definition) is 0. The molecule has 1 atom stereocenters. The average molecular weight is 423 g/mol. The lowest BCUT2D eigenvalue weighted by atomic mass is 10.2. The molecule has 3 rings (SSSR count). The van der Waals surface area contributed by atoms with E-state index in [4.69, 9.17) is 0 Å². The molecule has 0 radical (unpaired) electrons. The van der Waals surface area contributed by atoms with Crippen LogP contribution in [0.25, 0.3) is 11.2 Å². The van der Waals surface area contributed by atoms with E-state index in [1.807, 2.05) is 0 Å². The van der Waals surface area contributed by atoms with E-state index in [1.54, 1.807) is 6.92 Å². The van der Waals surface area contributed by atoms with Crippen LogP contribution in [0.1, 0.15) is 25.5 Å². The molecule has 0 bridgehead atoms. The molecular weight excluding hydrogens is 407 g/mol. The summed E-state index contributed by atoms with van der Waals surface area (Å²) in [4.78, 5) is 41.7. The number of nitrogens with zero attached hydrogens (tertiary/aromatic N) is 4. The van der Waals surface area contributed by atoms with Crippen molar-refractivity contribution in [2.75, 3.05) is 0 Å². The zero-order chi connectivity index (χ0) is 19.2. The molecule has 9 heteroatoms. The normalized spacial score (nSPS) is 12.5. The topological polar surface area (TPSA) is 78.9 Å². The summed E-state index contributed by atoms with van der Waals surface area (Å²) in [5.41, 5.74) is -0.146. The Bertz CT molecular complexity index is 1130. The van der Waals surface area contributed by atoms with E-state index in [-0.39, 0.29) is 23.5 Å². The molecule has 0 aliphatic carbocycles. The Balaban J connectivity index is 2.29. The second-order valence-electron chi connectivity index (χ2n) is 6.07. The average Bonchev–Trinajstić information content (AvgIpc) is 2.95. The van der Waals surface area contributed by atoms with Crippen molar-refractivity contribution in [1.82, 2.24) is 18.7 Å². The van der Waals surface area contributed by atoms with Crippen molar-refractivity contribution in [2.24, 2.45) is 7.05 Å². The number of carbonyl (C=O) groups is 1. The van der Waals surface area contributed by atoms with Gasteiger partial charge in [-0.3, -0.25) is 18.7 Å². The third-order valence-electron chi connectivity index (χ3n) is 4.36. The van der Waals surface area contributed by atoms with Gasteiger partial charge in [0.25, 0.3) is 5.56 Å². The van der Waals surface area contributed by atoms with Gasteiger partial charge in [0.2, 0.25) is 0 Å². The maximum absolute atomic E-state index is 13.1. The van der Waals surface area contributed by atoms with Gasteiger partial charge in [-0.15, -0.1) is 0 Å². The molecule has 26 heavy (non-hydrogen) atoms. The first-order valence-corrected chi connectivity index (χ1v) is 8.63. The van der Waals surface area contributed by atoms with Gasteiger partial charge >= 0.3 is 5.69 Å². The number of carbonyl (C=O) groups excluding carboxylic acids is 1. The van der Waals surface area contributed by atoms with Crippen molar-refractivity contribution in [3.63, 3.8) is 0 Å². The minimum atomic E-state index is -0.626. The van der Waals surface area contributed by atoms with E-state index in [9.17, 15) is 18.8 Å². The van der Waals surface area contributed by atoms with Crippen LogP contribution in [0, 0.1) is 5.82 Å². The van der Waals surface area contributed by atoms with Crippen LogP contribution < -0.4 is 11.2 Å². The smallest absolute Gasteiger partial charge is 0.302 e. The molecule has 136 valence electrons. The van der Waals surface area contributed by atoms with E-state index >= 15 is 0 Å². The second-order valence-corrected chi connectivity index (χ2v) is 6.78. The van der Waals surface area contributed by atoms with Crippen LogP contribution in [0.2, 0.25) is 0 Å². The molecule has 2 aromatic heterocycles. The SMILES string of the molecule is CC(=O)[C@@H](C)n1c(Br)nc2c1c(=O)n(Cc1ccc(F)cc1)c(=O)n2C. The Morgan fingerprint density at radius 2 is 1.88 bits per heavy atom. The number of hydrogen-bond acceptors (Lipinski definition) is 4. The Labute approximate surface area is 155 Å². The third kappa shape index (κ3) is 2.92. The van der Waals surface area contributed by atoms with Crippen molar-refractivity contribution in [1.29, 1.82) is 0 Å². The third-order valence-corrected chi connectivity index (χ3v) is 4.92. The van der Waals surface area contributed by atoms with Crippen LogP contribution >= 0.6 is 15.9 Å². The fourth-order valence-electron chi connectivity index (χ4n) is 2.76. The molecule has 0 amide bonds. The second kappa shape index (κ2) is 6.64. The first kappa shape index (κ1) is 18.2. The van der Waals surface area contributed by atoms with Gasteiger partial charge in [-0.2, -0.15) is 0 Å². The predicted molar refractivity (Wildman–Crippen MR) is 97.8 cm³/mol. The quantitative estimate of drug-likeness (QED) is 0.602. The van der Waals surface area contributed by atoms with Gasteiger partial charge in [0.15, 0.2) is 21.7 Å².